The molecule has 1 spiro atoms. The fraction of sp³-hybridized carbons (Fsp3) is 0.156. The molecule has 6 rings (SSSR count). The number of benzene rings is 4. The molecule has 1 unspecified atom stereocenters. The summed E-state index contributed by atoms with van der Waals surface area (Å²) in [6.07, 6.45) is 1.14. The van der Waals surface area contributed by atoms with Crippen molar-refractivity contribution in [3.05, 3.63) is 143 Å². The molecule has 0 bridgehead atoms. The highest BCUT2D eigenvalue weighted by Gasteiger charge is 2.61. The number of allylic oxidation sites excluding steroid dienone is 2. The molecule has 1 amide bonds. The molecule has 4 aromatic rings. The Balaban J connectivity index is 1.59. The molecule has 4 aromatic carbocycles. The lowest BCUT2D eigenvalue weighted by molar-refractivity contribution is -0.358. The SMILES string of the molecule is C/C=C(\C)N1OC(c2ccccc2)C(=O)N(OCc2ccccc2)C12c1ccccc1-c1ccccc12. The van der Waals surface area contributed by atoms with Gasteiger partial charge in [-0.1, -0.05) is 115 Å². The summed E-state index contributed by atoms with van der Waals surface area (Å²) >= 11 is 0. The van der Waals surface area contributed by atoms with E-state index in [-0.39, 0.29) is 12.5 Å². The standard InChI is InChI=1S/C32H28N2O3/c1-3-23(2)33-32(28-20-12-10-18-26(28)27-19-11-13-21-29(27)32)34(36-22-24-14-6-4-7-15-24)31(35)30(37-33)25-16-8-5-9-17-25/h3-21,30H,22H2,1-2H3/b23-3+. The van der Waals surface area contributed by atoms with Crippen molar-refractivity contribution in [2.75, 3.05) is 0 Å². The Bertz CT molecular complexity index is 1420. The second-order valence-electron chi connectivity index (χ2n) is 9.28. The number of carbonyl (C=O) groups is 1. The first-order valence-electron chi connectivity index (χ1n) is 12.5. The summed E-state index contributed by atoms with van der Waals surface area (Å²) in [5.74, 6) is -0.256. The predicted molar refractivity (Wildman–Crippen MR) is 142 cm³/mol. The molecule has 1 aliphatic heterocycles. The van der Waals surface area contributed by atoms with E-state index in [2.05, 4.69) is 24.3 Å². The Labute approximate surface area is 217 Å². The molecule has 0 aromatic heterocycles. The summed E-state index contributed by atoms with van der Waals surface area (Å²) < 4.78 is 0. The molecule has 1 heterocycles. The van der Waals surface area contributed by atoms with Crippen molar-refractivity contribution in [1.29, 1.82) is 0 Å². The van der Waals surface area contributed by atoms with E-state index < -0.39 is 11.8 Å². The summed E-state index contributed by atoms with van der Waals surface area (Å²) in [7, 11) is 0. The molecular formula is C32H28N2O3. The second-order valence-corrected chi connectivity index (χ2v) is 9.28. The van der Waals surface area contributed by atoms with Gasteiger partial charge in [-0.3, -0.25) is 14.5 Å². The van der Waals surface area contributed by atoms with E-state index in [4.69, 9.17) is 9.68 Å². The number of hydroxylamine groups is 4. The van der Waals surface area contributed by atoms with E-state index in [1.807, 2.05) is 110 Å². The van der Waals surface area contributed by atoms with Crippen LogP contribution in [0.1, 0.15) is 42.2 Å². The Morgan fingerprint density at radius 2 is 1.38 bits per heavy atom. The van der Waals surface area contributed by atoms with Crippen molar-refractivity contribution in [2.45, 2.75) is 32.2 Å². The maximum Gasteiger partial charge on any atom is 0.285 e. The van der Waals surface area contributed by atoms with Crippen LogP contribution < -0.4 is 0 Å². The molecule has 184 valence electrons. The van der Waals surface area contributed by atoms with Gasteiger partial charge in [-0.25, -0.2) is 5.06 Å². The second kappa shape index (κ2) is 9.36. The zero-order valence-corrected chi connectivity index (χ0v) is 20.9. The van der Waals surface area contributed by atoms with Crippen LogP contribution in [0.15, 0.2) is 121 Å². The number of amides is 1. The minimum atomic E-state index is -1.14. The van der Waals surface area contributed by atoms with Crippen LogP contribution in [-0.2, 0) is 26.7 Å². The molecular weight excluding hydrogens is 460 g/mol. The number of fused-ring (bicyclic) bond motifs is 5. The number of rotatable bonds is 5. The van der Waals surface area contributed by atoms with Crippen LogP contribution in [0.2, 0.25) is 0 Å². The van der Waals surface area contributed by atoms with Crippen molar-refractivity contribution in [3.8, 4) is 11.1 Å². The van der Waals surface area contributed by atoms with Crippen molar-refractivity contribution < 1.29 is 14.5 Å². The van der Waals surface area contributed by atoms with Gasteiger partial charge in [0.05, 0.1) is 0 Å². The van der Waals surface area contributed by atoms with Crippen molar-refractivity contribution in [1.82, 2.24) is 10.1 Å². The lowest BCUT2D eigenvalue weighted by Gasteiger charge is -2.53. The topological polar surface area (TPSA) is 42.0 Å². The van der Waals surface area contributed by atoms with Gasteiger partial charge in [0.15, 0.2) is 6.10 Å². The first-order chi connectivity index (χ1) is 18.2. The minimum Gasteiger partial charge on any atom is -0.269 e. The van der Waals surface area contributed by atoms with E-state index in [1.54, 1.807) is 5.06 Å². The first kappa shape index (κ1) is 23.2. The van der Waals surface area contributed by atoms with Crippen LogP contribution in [0, 0.1) is 0 Å². The van der Waals surface area contributed by atoms with Crippen LogP contribution in [0.25, 0.3) is 11.1 Å². The third kappa shape index (κ3) is 3.58. The van der Waals surface area contributed by atoms with Crippen LogP contribution in [0.5, 0.6) is 0 Å². The van der Waals surface area contributed by atoms with Gasteiger partial charge < -0.3 is 0 Å². The fourth-order valence-electron chi connectivity index (χ4n) is 5.36. The van der Waals surface area contributed by atoms with Gasteiger partial charge in [-0.05, 0) is 36.1 Å². The van der Waals surface area contributed by atoms with E-state index in [9.17, 15) is 4.79 Å². The third-order valence-corrected chi connectivity index (χ3v) is 7.16. The Kier molecular flexibility index (Phi) is 5.87. The van der Waals surface area contributed by atoms with Gasteiger partial charge >= 0.3 is 0 Å². The van der Waals surface area contributed by atoms with Gasteiger partial charge in [0.2, 0.25) is 5.66 Å². The highest BCUT2D eigenvalue weighted by Crippen LogP contribution is 2.56. The summed E-state index contributed by atoms with van der Waals surface area (Å²) in [4.78, 5) is 27.6. The monoisotopic (exact) mass is 488 g/mol. The lowest BCUT2D eigenvalue weighted by atomic mass is 9.93. The zero-order chi connectivity index (χ0) is 25.4. The number of carbonyl (C=O) groups excluding carboxylic acids is 1. The average Bonchev–Trinajstić information content (AvgIpc) is 3.24. The highest BCUT2D eigenvalue weighted by atomic mass is 16.8. The average molecular weight is 489 g/mol. The van der Waals surface area contributed by atoms with Gasteiger partial charge in [-0.2, -0.15) is 5.06 Å². The quantitative estimate of drug-likeness (QED) is 0.312. The van der Waals surface area contributed by atoms with Crippen molar-refractivity contribution in [2.24, 2.45) is 0 Å². The minimum absolute atomic E-state index is 0.239. The largest absolute Gasteiger partial charge is 0.285 e. The van der Waals surface area contributed by atoms with E-state index in [0.717, 1.165) is 39.1 Å². The summed E-state index contributed by atoms with van der Waals surface area (Å²) in [5.41, 5.74) is 5.45. The Hall–Kier alpha value is -4.19. The van der Waals surface area contributed by atoms with Crippen LogP contribution in [0.3, 0.4) is 0 Å². The molecule has 1 atom stereocenters. The maximum atomic E-state index is 14.4. The Morgan fingerprint density at radius 1 is 0.838 bits per heavy atom. The van der Waals surface area contributed by atoms with Crippen LogP contribution in [-0.4, -0.2) is 16.0 Å². The van der Waals surface area contributed by atoms with E-state index >= 15 is 0 Å². The maximum absolute atomic E-state index is 14.4. The van der Waals surface area contributed by atoms with Crippen molar-refractivity contribution >= 4 is 5.91 Å². The highest BCUT2D eigenvalue weighted by molar-refractivity contribution is 5.88. The zero-order valence-electron chi connectivity index (χ0n) is 20.9. The van der Waals surface area contributed by atoms with Crippen LogP contribution >= 0.6 is 0 Å². The molecule has 2 aliphatic rings. The van der Waals surface area contributed by atoms with Gasteiger partial charge in [0.1, 0.15) is 6.61 Å². The summed E-state index contributed by atoms with van der Waals surface area (Å²) in [6.45, 7) is 4.21. The molecule has 5 heteroatoms. The number of hydrogen-bond donors (Lipinski definition) is 0. The molecule has 0 N–H and O–H groups in total. The smallest absolute Gasteiger partial charge is 0.269 e. The van der Waals surface area contributed by atoms with Crippen LogP contribution in [0.4, 0.5) is 0 Å². The fourth-order valence-corrected chi connectivity index (χ4v) is 5.36. The Morgan fingerprint density at radius 3 is 1.97 bits per heavy atom. The van der Waals surface area contributed by atoms with E-state index in [1.165, 1.54) is 0 Å². The molecule has 1 fully saturated rings. The molecule has 0 saturated carbocycles. The third-order valence-electron chi connectivity index (χ3n) is 7.16. The molecule has 1 saturated heterocycles. The predicted octanol–water partition coefficient (Wildman–Crippen LogP) is 6.74. The summed E-state index contributed by atoms with van der Waals surface area (Å²) in [5, 5.41) is 3.42. The van der Waals surface area contributed by atoms with Gasteiger partial charge in [0.25, 0.3) is 5.91 Å². The number of hydrogen-bond acceptors (Lipinski definition) is 4. The molecule has 1 aliphatic carbocycles. The normalized spacial score (nSPS) is 18.2. The van der Waals surface area contributed by atoms with Gasteiger partial charge in [-0.15, -0.1) is 0 Å². The van der Waals surface area contributed by atoms with Crippen molar-refractivity contribution in [3.63, 3.8) is 0 Å². The summed E-state index contributed by atoms with van der Waals surface area (Å²) in [6, 6.07) is 35.8. The molecule has 0 radical (unpaired) electrons. The molecule has 37 heavy (non-hydrogen) atoms. The molecule has 5 nitrogen and oxygen atoms in total. The first-order valence-corrected chi connectivity index (χ1v) is 12.5. The van der Waals surface area contributed by atoms with E-state index in [0.29, 0.717) is 0 Å². The number of nitrogens with zero attached hydrogens (tertiary/aromatic N) is 2. The lowest BCUT2D eigenvalue weighted by Crippen LogP contribution is -2.64. The van der Waals surface area contributed by atoms with Gasteiger partial charge in [0, 0.05) is 16.8 Å².